The second-order valence-corrected chi connectivity index (χ2v) is 6.48. The van der Waals surface area contributed by atoms with Crippen LogP contribution in [0, 0.1) is 6.92 Å². The SMILES string of the molecule is Cc1ccc2c(S(=O)(=O)Cl)csc2c1. The van der Waals surface area contributed by atoms with E-state index in [1.165, 1.54) is 11.3 Å². The van der Waals surface area contributed by atoms with Gasteiger partial charge in [0, 0.05) is 26.1 Å². The monoisotopic (exact) mass is 246 g/mol. The Hall–Kier alpha value is -0.580. The molecule has 2 rings (SSSR count). The van der Waals surface area contributed by atoms with Gasteiger partial charge in [-0.25, -0.2) is 8.42 Å². The molecule has 14 heavy (non-hydrogen) atoms. The van der Waals surface area contributed by atoms with Gasteiger partial charge >= 0.3 is 0 Å². The Labute approximate surface area is 90.6 Å². The normalized spacial score (nSPS) is 12.1. The Kier molecular flexibility index (Phi) is 2.29. The van der Waals surface area contributed by atoms with E-state index in [9.17, 15) is 8.42 Å². The summed E-state index contributed by atoms with van der Waals surface area (Å²) in [6.07, 6.45) is 0. The van der Waals surface area contributed by atoms with Crippen LogP contribution in [0.3, 0.4) is 0 Å². The van der Waals surface area contributed by atoms with Gasteiger partial charge in [-0.3, -0.25) is 0 Å². The molecule has 0 unspecified atom stereocenters. The van der Waals surface area contributed by atoms with E-state index in [4.69, 9.17) is 10.7 Å². The van der Waals surface area contributed by atoms with Gasteiger partial charge in [0.25, 0.3) is 9.05 Å². The van der Waals surface area contributed by atoms with Crippen molar-refractivity contribution in [2.24, 2.45) is 0 Å². The standard InChI is InChI=1S/C9H7ClO2S2/c1-6-2-3-7-8(4-6)13-5-9(7)14(10,11)12/h2-5H,1H3. The lowest BCUT2D eigenvalue weighted by Gasteiger charge is -1.94. The first-order valence-corrected chi connectivity index (χ1v) is 7.10. The van der Waals surface area contributed by atoms with Gasteiger partial charge in [-0.1, -0.05) is 12.1 Å². The average molecular weight is 247 g/mol. The van der Waals surface area contributed by atoms with Crippen LogP contribution in [-0.4, -0.2) is 8.42 Å². The molecule has 0 bridgehead atoms. The molecule has 0 spiro atoms. The minimum atomic E-state index is -3.62. The fourth-order valence-corrected chi connectivity index (χ4v) is 3.91. The second-order valence-electron chi connectivity index (χ2n) is 3.04. The fourth-order valence-electron chi connectivity index (χ4n) is 1.30. The topological polar surface area (TPSA) is 34.1 Å². The molecule has 0 N–H and O–H groups in total. The van der Waals surface area contributed by atoms with E-state index in [-0.39, 0.29) is 4.90 Å². The van der Waals surface area contributed by atoms with Gasteiger partial charge in [-0.2, -0.15) is 0 Å². The van der Waals surface area contributed by atoms with Gasteiger partial charge in [0.15, 0.2) is 0 Å². The van der Waals surface area contributed by atoms with Crippen molar-refractivity contribution in [3.63, 3.8) is 0 Å². The number of halogens is 1. The number of benzene rings is 1. The molecule has 0 amide bonds. The summed E-state index contributed by atoms with van der Waals surface area (Å²) in [5, 5.41) is 2.28. The highest BCUT2D eigenvalue weighted by Crippen LogP contribution is 2.31. The van der Waals surface area contributed by atoms with E-state index >= 15 is 0 Å². The van der Waals surface area contributed by atoms with Crippen molar-refractivity contribution >= 4 is 41.2 Å². The molecule has 0 saturated heterocycles. The third-order valence-electron chi connectivity index (χ3n) is 1.96. The average Bonchev–Trinajstić information content (AvgIpc) is 2.45. The molecule has 0 saturated carbocycles. The summed E-state index contributed by atoms with van der Waals surface area (Å²) < 4.78 is 23.3. The molecule has 0 aliphatic heterocycles. The van der Waals surface area contributed by atoms with Crippen molar-refractivity contribution in [3.05, 3.63) is 29.1 Å². The maximum Gasteiger partial charge on any atom is 0.262 e. The van der Waals surface area contributed by atoms with Gasteiger partial charge in [-0.05, 0) is 18.6 Å². The van der Waals surface area contributed by atoms with Crippen LogP contribution >= 0.6 is 22.0 Å². The van der Waals surface area contributed by atoms with Crippen molar-refractivity contribution in [3.8, 4) is 0 Å². The zero-order valence-electron chi connectivity index (χ0n) is 7.32. The smallest absolute Gasteiger partial charge is 0.207 e. The number of fused-ring (bicyclic) bond motifs is 1. The van der Waals surface area contributed by atoms with E-state index in [1.807, 2.05) is 19.1 Å². The number of aryl methyl sites for hydroxylation is 1. The lowest BCUT2D eigenvalue weighted by atomic mass is 10.2. The molecule has 1 aromatic heterocycles. The van der Waals surface area contributed by atoms with Crippen LogP contribution in [0.1, 0.15) is 5.56 Å². The number of thiophene rings is 1. The predicted molar refractivity (Wildman–Crippen MR) is 59.6 cm³/mol. The van der Waals surface area contributed by atoms with Crippen molar-refractivity contribution in [2.45, 2.75) is 11.8 Å². The Balaban J connectivity index is 2.83. The molecule has 2 aromatic rings. The quantitative estimate of drug-likeness (QED) is 0.725. The summed E-state index contributed by atoms with van der Waals surface area (Å²) in [4.78, 5) is 0.208. The van der Waals surface area contributed by atoms with Crippen LogP contribution in [0.2, 0.25) is 0 Å². The van der Waals surface area contributed by atoms with E-state index in [1.54, 1.807) is 11.4 Å². The first-order chi connectivity index (χ1) is 6.48. The Morgan fingerprint density at radius 1 is 1.36 bits per heavy atom. The predicted octanol–water partition coefficient (Wildman–Crippen LogP) is 3.14. The molecular weight excluding hydrogens is 240 g/mol. The lowest BCUT2D eigenvalue weighted by Crippen LogP contribution is -1.87. The molecule has 74 valence electrons. The van der Waals surface area contributed by atoms with Crippen molar-refractivity contribution < 1.29 is 8.42 Å². The van der Waals surface area contributed by atoms with Gasteiger partial charge in [0.05, 0.1) is 0 Å². The zero-order valence-corrected chi connectivity index (χ0v) is 9.71. The third kappa shape index (κ3) is 1.65. The Bertz CT molecular complexity index is 584. The molecule has 1 heterocycles. The van der Waals surface area contributed by atoms with E-state index in [2.05, 4.69) is 0 Å². The van der Waals surface area contributed by atoms with E-state index in [0.29, 0.717) is 5.39 Å². The number of rotatable bonds is 1. The Morgan fingerprint density at radius 2 is 2.07 bits per heavy atom. The molecule has 5 heteroatoms. The molecule has 2 nitrogen and oxygen atoms in total. The van der Waals surface area contributed by atoms with Gasteiger partial charge in [-0.15, -0.1) is 11.3 Å². The maximum absolute atomic E-state index is 11.2. The third-order valence-corrected chi connectivity index (χ3v) is 4.41. The van der Waals surface area contributed by atoms with E-state index in [0.717, 1.165) is 10.3 Å². The highest BCUT2D eigenvalue weighted by molar-refractivity contribution is 8.14. The van der Waals surface area contributed by atoms with E-state index < -0.39 is 9.05 Å². The molecular formula is C9H7ClO2S2. The van der Waals surface area contributed by atoms with Crippen LogP contribution in [0.25, 0.3) is 10.1 Å². The van der Waals surface area contributed by atoms with Crippen LogP contribution in [0.4, 0.5) is 0 Å². The first kappa shape index (κ1) is 9.96. The van der Waals surface area contributed by atoms with Crippen LogP contribution in [0.5, 0.6) is 0 Å². The molecule has 0 fully saturated rings. The van der Waals surface area contributed by atoms with Gasteiger partial charge < -0.3 is 0 Å². The Morgan fingerprint density at radius 3 is 2.71 bits per heavy atom. The second kappa shape index (κ2) is 3.22. The van der Waals surface area contributed by atoms with Gasteiger partial charge in [0.1, 0.15) is 4.90 Å². The van der Waals surface area contributed by atoms with Gasteiger partial charge in [0.2, 0.25) is 0 Å². The largest absolute Gasteiger partial charge is 0.262 e. The summed E-state index contributed by atoms with van der Waals surface area (Å²) in [7, 11) is 1.68. The molecule has 0 radical (unpaired) electrons. The van der Waals surface area contributed by atoms with Crippen LogP contribution < -0.4 is 0 Å². The maximum atomic E-state index is 11.2. The molecule has 0 atom stereocenters. The molecule has 0 aliphatic carbocycles. The van der Waals surface area contributed by atoms with Crippen LogP contribution in [-0.2, 0) is 9.05 Å². The zero-order chi connectivity index (χ0) is 10.3. The van der Waals surface area contributed by atoms with Crippen molar-refractivity contribution in [1.29, 1.82) is 0 Å². The highest BCUT2D eigenvalue weighted by atomic mass is 35.7. The first-order valence-electron chi connectivity index (χ1n) is 3.91. The summed E-state index contributed by atoms with van der Waals surface area (Å²) >= 11 is 1.39. The number of hydrogen-bond acceptors (Lipinski definition) is 3. The number of hydrogen-bond donors (Lipinski definition) is 0. The van der Waals surface area contributed by atoms with Crippen LogP contribution in [0.15, 0.2) is 28.5 Å². The summed E-state index contributed by atoms with van der Waals surface area (Å²) in [5.41, 5.74) is 1.11. The molecule has 1 aromatic carbocycles. The minimum absolute atomic E-state index is 0.208. The van der Waals surface area contributed by atoms with Crippen molar-refractivity contribution in [1.82, 2.24) is 0 Å². The minimum Gasteiger partial charge on any atom is -0.207 e. The van der Waals surface area contributed by atoms with Crippen molar-refractivity contribution in [2.75, 3.05) is 0 Å². The summed E-state index contributed by atoms with van der Waals surface area (Å²) in [6.45, 7) is 1.97. The fraction of sp³-hybridized carbons (Fsp3) is 0.111. The lowest BCUT2D eigenvalue weighted by molar-refractivity contribution is 0.610. The highest BCUT2D eigenvalue weighted by Gasteiger charge is 2.15. The summed E-state index contributed by atoms with van der Waals surface area (Å²) in [5.74, 6) is 0. The molecule has 0 aliphatic rings. The summed E-state index contributed by atoms with van der Waals surface area (Å²) in [6, 6.07) is 5.61.